The Kier molecular flexibility index (Phi) is 3.00. The van der Waals surface area contributed by atoms with Gasteiger partial charge in [-0.3, -0.25) is 4.55 Å². The molecule has 8 heteroatoms. The summed E-state index contributed by atoms with van der Waals surface area (Å²) in [5, 5.41) is -4.91. The lowest BCUT2D eigenvalue weighted by atomic mass is 9.48. The minimum absolute atomic E-state index is 0.0300. The van der Waals surface area contributed by atoms with Crippen molar-refractivity contribution < 1.29 is 31.3 Å². The van der Waals surface area contributed by atoms with E-state index in [2.05, 4.69) is 6.92 Å². The lowest BCUT2D eigenvalue weighted by molar-refractivity contribution is -0.211. The summed E-state index contributed by atoms with van der Waals surface area (Å²) in [4.78, 5) is 11.6. The first kappa shape index (κ1) is 15.1. The lowest BCUT2D eigenvalue weighted by Crippen LogP contribution is -2.58. The maximum Gasteiger partial charge on any atom is 0.465 e. The Bertz CT molecular complexity index is 571. The molecule has 5 nitrogen and oxygen atoms in total. The second-order valence-corrected chi connectivity index (χ2v) is 8.80. The molecule has 0 aromatic heterocycles. The number of rotatable bonds is 3. The number of esters is 1. The van der Waals surface area contributed by atoms with Crippen molar-refractivity contribution in [2.75, 3.05) is 0 Å². The zero-order valence-electron chi connectivity index (χ0n) is 11.6. The lowest BCUT2D eigenvalue weighted by Gasteiger charge is -2.60. The summed E-state index contributed by atoms with van der Waals surface area (Å²) in [5.41, 5.74) is -1.03. The van der Waals surface area contributed by atoms with Crippen molar-refractivity contribution in [1.82, 2.24) is 0 Å². The van der Waals surface area contributed by atoms with E-state index >= 15 is 0 Å². The molecule has 4 rings (SSSR count). The second-order valence-electron chi connectivity index (χ2n) is 7.34. The van der Waals surface area contributed by atoms with Crippen LogP contribution in [0.5, 0.6) is 0 Å². The highest BCUT2D eigenvalue weighted by Crippen LogP contribution is 2.62. The molecule has 4 aliphatic carbocycles. The van der Waals surface area contributed by atoms with E-state index in [4.69, 9.17) is 9.29 Å². The molecule has 0 aliphatic heterocycles. The van der Waals surface area contributed by atoms with Crippen LogP contribution in [-0.4, -0.2) is 29.8 Å². The van der Waals surface area contributed by atoms with Crippen LogP contribution in [0, 0.1) is 17.3 Å². The number of carbonyl (C=O) groups excluding carboxylic acids is 1. The molecule has 4 fully saturated rings. The molecule has 0 saturated heterocycles. The molecule has 4 aliphatic rings. The number of hydrogen-bond acceptors (Lipinski definition) is 4. The van der Waals surface area contributed by atoms with E-state index in [0.717, 1.165) is 19.3 Å². The van der Waals surface area contributed by atoms with Gasteiger partial charge in [0, 0.05) is 0 Å². The second kappa shape index (κ2) is 4.16. The van der Waals surface area contributed by atoms with E-state index in [1.807, 2.05) is 0 Å². The zero-order valence-corrected chi connectivity index (χ0v) is 12.5. The molecule has 0 heterocycles. The third kappa shape index (κ3) is 2.36. The van der Waals surface area contributed by atoms with Gasteiger partial charge in [-0.15, -0.1) is 0 Å². The van der Waals surface area contributed by atoms with Gasteiger partial charge in [0.2, 0.25) is 0 Å². The fourth-order valence-electron chi connectivity index (χ4n) is 5.11. The fraction of sp³-hybridized carbons (Fsp3) is 0.923. The molecule has 0 aromatic rings. The largest absolute Gasteiger partial charge is 0.465 e. The molecule has 4 saturated carbocycles. The topological polar surface area (TPSA) is 80.7 Å². The van der Waals surface area contributed by atoms with Gasteiger partial charge in [0.1, 0.15) is 5.60 Å². The number of halogens is 2. The van der Waals surface area contributed by atoms with E-state index in [1.165, 1.54) is 0 Å². The highest BCUT2D eigenvalue weighted by Gasteiger charge is 2.61. The molecule has 120 valence electrons. The van der Waals surface area contributed by atoms with Crippen LogP contribution < -0.4 is 0 Å². The van der Waals surface area contributed by atoms with Crippen molar-refractivity contribution in [2.45, 2.75) is 56.3 Å². The summed E-state index contributed by atoms with van der Waals surface area (Å²) >= 11 is 0. The monoisotopic (exact) mass is 324 g/mol. The molecule has 4 bridgehead atoms. The summed E-state index contributed by atoms with van der Waals surface area (Å²) in [6.45, 7) is 2.06. The summed E-state index contributed by atoms with van der Waals surface area (Å²) < 4.78 is 61.6. The number of carbonyl (C=O) groups is 1. The molecular weight excluding hydrogens is 306 g/mol. The molecular formula is C13H18F2O5S. The zero-order chi connectivity index (χ0) is 15.7. The van der Waals surface area contributed by atoms with E-state index in [1.54, 1.807) is 0 Å². The Morgan fingerprint density at radius 1 is 1.24 bits per heavy atom. The number of ether oxygens (including phenoxy) is 1. The first-order chi connectivity index (χ1) is 9.45. The predicted molar refractivity (Wildman–Crippen MR) is 68.1 cm³/mol. The maximum absolute atomic E-state index is 13.4. The van der Waals surface area contributed by atoms with Gasteiger partial charge in [0.05, 0.1) is 0 Å². The molecule has 2 unspecified atom stereocenters. The molecule has 0 aromatic carbocycles. The minimum atomic E-state index is -5.81. The first-order valence-corrected chi connectivity index (χ1v) is 8.47. The molecule has 2 atom stereocenters. The predicted octanol–water partition coefficient (Wildman–Crippen LogP) is 2.37. The first-order valence-electron chi connectivity index (χ1n) is 7.03. The average molecular weight is 324 g/mol. The Balaban J connectivity index is 1.84. The standard InChI is InChI=1S/C13H18F2O5S/c1-11-3-8-2-9(4-11)6-12(5-8,7-11)20-10(16)13(14,15)21(17,18)19/h8-9H,2-7H2,1H3,(H,17,18,19). The molecule has 0 radical (unpaired) electrons. The summed E-state index contributed by atoms with van der Waals surface area (Å²) in [6, 6.07) is 0. The average Bonchev–Trinajstić information content (AvgIpc) is 2.22. The van der Waals surface area contributed by atoms with Crippen molar-refractivity contribution in [3.8, 4) is 0 Å². The summed E-state index contributed by atoms with van der Waals surface area (Å²) in [7, 11) is -5.81. The summed E-state index contributed by atoms with van der Waals surface area (Å²) in [6.07, 6.45) is 4.51. The molecule has 21 heavy (non-hydrogen) atoms. The van der Waals surface area contributed by atoms with Crippen molar-refractivity contribution in [1.29, 1.82) is 0 Å². The van der Waals surface area contributed by atoms with Gasteiger partial charge in [0.15, 0.2) is 0 Å². The van der Waals surface area contributed by atoms with Crippen LogP contribution >= 0.6 is 0 Å². The highest BCUT2D eigenvalue weighted by molar-refractivity contribution is 7.87. The van der Waals surface area contributed by atoms with Gasteiger partial charge in [0.25, 0.3) is 0 Å². The number of alkyl halides is 2. The van der Waals surface area contributed by atoms with Gasteiger partial charge in [-0.05, 0) is 55.8 Å². The summed E-state index contributed by atoms with van der Waals surface area (Å²) in [5.74, 6) is -1.48. The fourth-order valence-corrected chi connectivity index (χ4v) is 5.36. The van der Waals surface area contributed by atoms with Crippen molar-refractivity contribution >= 4 is 16.1 Å². The van der Waals surface area contributed by atoms with Crippen molar-refractivity contribution in [3.63, 3.8) is 0 Å². The van der Waals surface area contributed by atoms with Crippen molar-refractivity contribution in [3.05, 3.63) is 0 Å². The smallest absolute Gasteiger partial charge is 0.454 e. The van der Waals surface area contributed by atoms with Crippen LogP contribution in [0.25, 0.3) is 0 Å². The third-order valence-electron chi connectivity index (χ3n) is 5.17. The van der Waals surface area contributed by atoms with Crippen LogP contribution in [-0.2, 0) is 19.6 Å². The normalized spacial score (nSPS) is 42.1. The van der Waals surface area contributed by atoms with Gasteiger partial charge < -0.3 is 4.74 Å². The van der Waals surface area contributed by atoms with E-state index in [-0.39, 0.29) is 5.41 Å². The van der Waals surface area contributed by atoms with E-state index in [0.29, 0.717) is 31.1 Å². The van der Waals surface area contributed by atoms with Gasteiger partial charge in [-0.25, -0.2) is 4.79 Å². The van der Waals surface area contributed by atoms with E-state index < -0.39 is 26.9 Å². The number of hydrogen-bond donors (Lipinski definition) is 1. The molecule has 0 spiro atoms. The molecule has 1 N–H and O–H groups in total. The van der Waals surface area contributed by atoms with Crippen LogP contribution in [0.1, 0.15) is 45.4 Å². The van der Waals surface area contributed by atoms with Crippen LogP contribution in [0.2, 0.25) is 0 Å². The van der Waals surface area contributed by atoms with Crippen LogP contribution in [0.15, 0.2) is 0 Å². The molecule has 0 amide bonds. The van der Waals surface area contributed by atoms with Gasteiger partial charge >= 0.3 is 21.3 Å². The van der Waals surface area contributed by atoms with E-state index in [9.17, 15) is 22.0 Å². The SMILES string of the molecule is CC12CC3CC(C1)CC(OC(=O)C(F)(F)S(=O)(=O)O)(C3)C2. The van der Waals surface area contributed by atoms with Gasteiger partial charge in [-0.1, -0.05) is 6.92 Å². The van der Waals surface area contributed by atoms with Crippen LogP contribution in [0.4, 0.5) is 8.78 Å². The van der Waals surface area contributed by atoms with Crippen LogP contribution in [0.3, 0.4) is 0 Å². The Morgan fingerprint density at radius 2 is 1.76 bits per heavy atom. The highest BCUT2D eigenvalue weighted by atomic mass is 32.2. The van der Waals surface area contributed by atoms with Crippen molar-refractivity contribution in [2.24, 2.45) is 17.3 Å². The Morgan fingerprint density at radius 3 is 2.19 bits per heavy atom. The Hall–Kier alpha value is -0.760. The Labute approximate surface area is 121 Å². The minimum Gasteiger partial charge on any atom is -0.454 e. The third-order valence-corrected chi connectivity index (χ3v) is 5.99. The maximum atomic E-state index is 13.4. The van der Waals surface area contributed by atoms with Gasteiger partial charge in [-0.2, -0.15) is 17.2 Å². The quantitative estimate of drug-likeness (QED) is 0.637.